The van der Waals surface area contributed by atoms with Crippen molar-refractivity contribution in [3.63, 3.8) is 0 Å². The van der Waals surface area contributed by atoms with Crippen molar-refractivity contribution in [3.8, 4) is 0 Å². The molecule has 0 radical (unpaired) electrons. The Morgan fingerprint density at radius 2 is 1.74 bits per heavy atom. The van der Waals surface area contributed by atoms with Crippen molar-refractivity contribution in [2.24, 2.45) is 0 Å². The monoisotopic (exact) mass is 388 g/mol. The van der Waals surface area contributed by atoms with E-state index < -0.39 is 43.3 Å². The second-order valence-corrected chi connectivity index (χ2v) is 6.62. The molecule has 1 N–H and O–H groups in total. The lowest BCUT2D eigenvalue weighted by Crippen LogP contribution is -2.15. The van der Waals surface area contributed by atoms with Gasteiger partial charge in [0.1, 0.15) is 15.9 Å². The molecule has 4 nitrogen and oxygen atoms in total. The van der Waals surface area contributed by atoms with E-state index >= 15 is 0 Å². The van der Waals surface area contributed by atoms with E-state index in [-0.39, 0.29) is 5.15 Å². The molecule has 0 saturated heterocycles. The van der Waals surface area contributed by atoms with Gasteiger partial charge in [0.25, 0.3) is 10.0 Å². The van der Waals surface area contributed by atoms with Gasteiger partial charge in [0.2, 0.25) is 0 Å². The van der Waals surface area contributed by atoms with Crippen molar-refractivity contribution < 1.29 is 26.0 Å². The van der Waals surface area contributed by atoms with Gasteiger partial charge >= 0.3 is 6.18 Å². The van der Waals surface area contributed by atoms with Gasteiger partial charge in [0.05, 0.1) is 5.56 Å². The Morgan fingerprint density at radius 1 is 1.09 bits per heavy atom. The number of nitrogens with zero attached hydrogens (tertiary/aromatic N) is 1. The lowest BCUT2D eigenvalue weighted by molar-refractivity contribution is -0.139. The van der Waals surface area contributed by atoms with Gasteiger partial charge in [-0.3, -0.25) is 4.72 Å². The number of anilines is 1. The van der Waals surface area contributed by atoms with Crippen LogP contribution in [0.25, 0.3) is 0 Å². The first kappa shape index (κ1) is 17.8. The fourth-order valence-electron chi connectivity index (χ4n) is 1.62. The molecule has 2 aromatic rings. The van der Waals surface area contributed by atoms with Gasteiger partial charge in [-0.2, -0.15) is 13.2 Å². The van der Waals surface area contributed by atoms with E-state index in [2.05, 4.69) is 4.98 Å². The topological polar surface area (TPSA) is 59.1 Å². The average Bonchev–Trinajstić information content (AvgIpc) is 2.39. The summed E-state index contributed by atoms with van der Waals surface area (Å²) in [5.41, 5.74) is -2.08. The minimum absolute atomic E-state index is 0.0601. The number of hydrogen-bond donors (Lipinski definition) is 1. The van der Waals surface area contributed by atoms with E-state index in [4.69, 9.17) is 23.2 Å². The van der Waals surface area contributed by atoms with Gasteiger partial charge in [-0.25, -0.2) is 17.8 Å². The molecule has 0 aliphatic carbocycles. The molecule has 0 atom stereocenters. The van der Waals surface area contributed by atoms with Crippen LogP contribution in [0.4, 0.5) is 23.2 Å². The molecule has 1 aromatic heterocycles. The number of benzene rings is 1. The summed E-state index contributed by atoms with van der Waals surface area (Å²) < 4.78 is 77.2. The predicted molar refractivity (Wildman–Crippen MR) is 76.5 cm³/mol. The van der Waals surface area contributed by atoms with Crippen LogP contribution in [0, 0.1) is 5.82 Å². The van der Waals surface area contributed by atoms with E-state index in [1.54, 1.807) is 0 Å². The van der Waals surface area contributed by atoms with Gasteiger partial charge in [0, 0.05) is 5.69 Å². The van der Waals surface area contributed by atoms with Gasteiger partial charge in [-0.05, 0) is 30.3 Å². The van der Waals surface area contributed by atoms with Crippen LogP contribution in [0.3, 0.4) is 0 Å². The zero-order chi connectivity index (χ0) is 17.4. The lowest BCUT2D eigenvalue weighted by atomic mass is 10.2. The van der Waals surface area contributed by atoms with Gasteiger partial charge in [0.15, 0.2) is 5.15 Å². The molecule has 0 bridgehead atoms. The van der Waals surface area contributed by atoms with Crippen molar-refractivity contribution in [1.29, 1.82) is 0 Å². The Balaban J connectivity index is 2.42. The Morgan fingerprint density at radius 3 is 2.30 bits per heavy atom. The maximum absolute atomic E-state index is 13.2. The molecule has 23 heavy (non-hydrogen) atoms. The largest absolute Gasteiger partial charge is 0.419 e. The number of aromatic nitrogens is 1. The summed E-state index contributed by atoms with van der Waals surface area (Å²) >= 11 is 11.2. The van der Waals surface area contributed by atoms with Crippen LogP contribution < -0.4 is 4.72 Å². The number of rotatable bonds is 3. The van der Waals surface area contributed by atoms with Crippen LogP contribution in [0.2, 0.25) is 10.3 Å². The summed E-state index contributed by atoms with van der Waals surface area (Å²) in [5.74, 6) is -1.52. The summed E-state index contributed by atoms with van der Waals surface area (Å²) in [7, 11) is -4.33. The normalized spacial score (nSPS) is 12.3. The quantitative estimate of drug-likeness (QED) is 0.628. The standard InChI is InChI=1S/C12H6Cl2F4N2O2S/c13-10-4-3-9(11(14)19-10)23(21,22)20-6-1-2-8(15)7(5-6)12(16,17)18/h1-5,20H. The molecule has 0 spiro atoms. The van der Waals surface area contributed by atoms with Gasteiger partial charge < -0.3 is 0 Å². The zero-order valence-electron chi connectivity index (χ0n) is 10.8. The van der Waals surface area contributed by atoms with Gasteiger partial charge in [-0.1, -0.05) is 23.2 Å². The molecule has 0 fully saturated rings. The zero-order valence-corrected chi connectivity index (χ0v) is 13.2. The van der Waals surface area contributed by atoms with E-state index in [0.717, 1.165) is 18.2 Å². The molecular weight excluding hydrogens is 383 g/mol. The first-order valence-electron chi connectivity index (χ1n) is 5.72. The minimum Gasteiger partial charge on any atom is -0.280 e. The molecular formula is C12H6Cl2F4N2O2S. The number of halogens is 6. The molecule has 1 aromatic carbocycles. The number of nitrogens with one attached hydrogen (secondary N) is 1. The third-order valence-corrected chi connectivity index (χ3v) is 4.62. The third-order valence-electron chi connectivity index (χ3n) is 2.59. The van der Waals surface area contributed by atoms with E-state index in [1.807, 2.05) is 4.72 Å². The van der Waals surface area contributed by atoms with Gasteiger partial charge in [-0.15, -0.1) is 0 Å². The maximum atomic E-state index is 13.2. The van der Waals surface area contributed by atoms with E-state index in [9.17, 15) is 26.0 Å². The number of hydrogen-bond acceptors (Lipinski definition) is 3. The van der Waals surface area contributed by atoms with E-state index in [0.29, 0.717) is 12.1 Å². The molecule has 0 amide bonds. The highest BCUT2D eigenvalue weighted by Crippen LogP contribution is 2.33. The van der Waals surface area contributed by atoms with Crippen molar-refractivity contribution in [2.75, 3.05) is 4.72 Å². The van der Waals surface area contributed by atoms with Crippen molar-refractivity contribution in [3.05, 3.63) is 52.0 Å². The molecule has 0 saturated carbocycles. The SMILES string of the molecule is O=S(=O)(Nc1ccc(F)c(C(F)(F)F)c1)c1ccc(Cl)nc1Cl. The number of sulfonamides is 1. The molecule has 124 valence electrons. The molecule has 0 unspecified atom stereocenters. The van der Waals surface area contributed by atoms with Crippen LogP contribution >= 0.6 is 23.2 Å². The smallest absolute Gasteiger partial charge is 0.280 e. The summed E-state index contributed by atoms with van der Waals surface area (Å²) in [4.78, 5) is 3.04. The molecule has 0 aliphatic heterocycles. The molecule has 11 heteroatoms. The first-order valence-corrected chi connectivity index (χ1v) is 7.96. The predicted octanol–water partition coefficient (Wildman–Crippen LogP) is 4.35. The number of alkyl halides is 3. The van der Waals surface area contributed by atoms with Crippen molar-refractivity contribution in [2.45, 2.75) is 11.1 Å². The summed E-state index contributed by atoms with van der Waals surface area (Å²) in [5, 5.41) is -0.516. The fraction of sp³-hybridized carbons (Fsp3) is 0.0833. The summed E-state index contributed by atoms with van der Waals surface area (Å²) in [6, 6.07) is 3.87. The Bertz CT molecular complexity index is 857. The van der Waals surface area contributed by atoms with Crippen LogP contribution in [-0.2, 0) is 16.2 Å². The summed E-state index contributed by atoms with van der Waals surface area (Å²) in [6.07, 6.45) is -4.97. The Labute approximate surface area is 138 Å². The maximum Gasteiger partial charge on any atom is 0.419 e. The summed E-state index contributed by atoms with van der Waals surface area (Å²) in [6.45, 7) is 0. The highest BCUT2D eigenvalue weighted by atomic mass is 35.5. The average molecular weight is 389 g/mol. The highest BCUT2D eigenvalue weighted by molar-refractivity contribution is 7.92. The highest BCUT2D eigenvalue weighted by Gasteiger charge is 2.34. The Hall–Kier alpha value is -1.58. The first-order chi connectivity index (χ1) is 10.5. The third kappa shape index (κ3) is 4.04. The molecule has 1 heterocycles. The van der Waals surface area contributed by atoms with Crippen LogP contribution in [0.15, 0.2) is 35.2 Å². The number of pyridine rings is 1. The van der Waals surface area contributed by atoms with Crippen LogP contribution in [-0.4, -0.2) is 13.4 Å². The molecule has 2 rings (SSSR count). The second-order valence-electron chi connectivity index (χ2n) is 4.22. The molecule has 0 aliphatic rings. The lowest BCUT2D eigenvalue weighted by Gasteiger charge is -2.12. The van der Waals surface area contributed by atoms with E-state index in [1.165, 1.54) is 0 Å². The van der Waals surface area contributed by atoms with Crippen molar-refractivity contribution in [1.82, 2.24) is 4.98 Å². The second kappa shape index (κ2) is 6.14. The van der Waals surface area contributed by atoms with Crippen molar-refractivity contribution >= 4 is 38.9 Å². The minimum atomic E-state index is -4.97. The Kier molecular flexibility index (Phi) is 4.74. The fourth-order valence-corrected chi connectivity index (χ4v) is 3.33. The van der Waals surface area contributed by atoms with Crippen LogP contribution in [0.5, 0.6) is 0 Å². The van der Waals surface area contributed by atoms with Crippen LogP contribution in [0.1, 0.15) is 5.56 Å².